The van der Waals surface area contributed by atoms with Crippen LogP contribution in [0.4, 0.5) is 0 Å². The maximum absolute atomic E-state index is 7.29. The van der Waals surface area contributed by atoms with Crippen LogP contribution < -0.4 is 33.2 Å². The Bertz CT molecular complexity index is 2060. The van der Waals surface area contributed by atoms with Crippen LogP contribution in [-0.4, -0.2) is 35.5 Å². The molecule has 3 aliphatic rings. The topological polar surface area (TPSA) is 77.8 Å². The highest BCUT2D eigenvalue weighted by Gasteiger charge is 2.62. The number of hydrogen-bond donors (Lipinski definition) is 0. The summed E-state index contributed by atoms with van der Waals surface area (Å²) in [7, 11) is 8.30. The van der Waals surface area contributed by atoms with Crippen molar-refractivity contribution in [2.75, 3.05) is 35.5 Å². The van der Waals surface area contributed by atoms with Gasteiger partial charge in [-0.3, -0.25) is 0 Å². The van der Waals surface area contributed by atoms with E-state index in [1.54, 1.807) is 35.5 Å². The highest BCUT2D eigenvalue weighted by Crippen LogP contribution is 2.65. The van der Waals surface area contributed by atoms with Gasteiger partial charge in [-0.05, 0) is 67.4 Å². The van der Waals surface area contributed by atoms with Crippen molar-refractivity contribution in [2.24, 2.45) is 5.92 Å². The van der Waals surface area contributed by atoms with Gasteiger partial charge in [0, 0.05) is 46.5 Å². The highest BCUT2D eigenvalue weighted by atomic mass is 16.7. The molecule has 5 aromatic rings. The van der Waals surface area contributed by atoms with Crippen molar-refractivity contribution in [3.63, 3.8) is 0 Å². The third-order valence-electron chi connectivity index (χ3n) is 9.86. The molecule has 0 saturated carbocycles. The maximum atomic E-state index is 7.29. The van der Waals surface area contributed by atoms with E-state index in [4.69, 9.17) is 37.6 Å². The third-order valence-corrected chi connectivity index (χ3v) is 9.86. The van der Waals surface area contributed by atoms with E-state index in [9.17, 15) is 0 Å². The van der Waals surface area contributed by atoms with Crippen LogP contribution in [-0.2, 0) is 5.79 Å². The number of allylic oxidation sites excluding steroid dienone is 2. The van der Waals surface area contributed by atoms with Crippen LogP contribution in [0, 0.1) is 5.92 Å². The van der Waals surface area contributed by atoms with E-state index in [0.717, 1.165) is 56.9 Å². The van der Waals surface area contributed by atoms with Crippen molar-refractivity contribution >= 4 is 11.0 Å². The minimum absolute atomic E-state index is 0.0781. The first-order valence-electron chi connectivity index (χ1n) is 15.6. The fourth-order valence-corrected chi connectivity index (χ4v) is 7.77. The van der Waals surface area contributed by atoms with E-state index in [1.807, 2.05) is 66.7 Å². The van der Waals surface area contributed by atoms with Crippen LogP contribution in [0.25, 0.3) is 22.3 Å². The van der Waals surface area contributed by atoms with Gasteiger partial charge in [0.25, 0.3) is 5.79 Å². The normalized spacial score (nSPS) is 22.1. The minimum Gasteiger partial charge on any atom is -0.497 e. The van der Waals surface area contributed by atoms with Gasteiger partial charge < -0.3 is 37.6 Å². The zero-order chi connectivity index (χ0) is 32.4. The number of methoxy groups -OCH3 is 5. The molecule has 0 saturated heterocycles. The molecule has 240 valence electrons. The van der Waals surface area contributed by atoms with E-state index in [0.29, 0.717) is 28.8 Å². The summed E-state index contributed by atoms with van der Waals surface area (Å²) in [6, 6.07) is 23.7. The number of fused-ring (bicyclic) bond motifs is 5. The Morgan fingerprint density at radius 2 is 1.38 bits per heavy atom. The lowest BCUT2D eigenvalue weighted by Gasteiger charge is -2.55. The van der Waals surface area contributed by atoms with Gasteiger partial charge in [-0.15, -0.1) is 0 Å². The maximum Gasteiger partial charge on any atom is 0.285 e. The summed E-state index contributed by atoms with van der Waals surface area (Å²) >= 11 is 0. The van der Waals surface area contributed by atoms with Crippen molar-refractivity contribution < 1.29 is 37.6 Å². The zero-order valence-corrected chi connectivity index (χ0v) is 27.2. The van der Waals surface area contributed by atoms with E-state index in [2.05, 4.69) is 19.1 Å². The molecular weight excluding hydrogens is 596 g/mol. The number of furan rings is 1. The Morgan fingerprint density at radius 3 is 2.15 bits per heavy atom. The molecule has 4 aromatic carbocycles. The molecule has 1 aromatic heterocycles. The van der Waals surface area contributed by atoms with Crippen LogP contribution in [0.5, 0.6) is 40.2 Å². The lowest BCUT2D eigenvalue weighted by Crippen LogP contribution is -2.56. The fourth-order valence-electron chi connectivity index (χ4n) is 7.77. The Kier molecular flexibility index (Phi) is 6.79. The molecule has 8 nitrogen and oxygen atoms in total. The Morgan fingerprint density at radius 1 is 0.681 bits per heavy atom. The molecular formula is C39H36O8. The van der Waals surface area contributed by atoms with Gasteiger partial charge in [0.2, 0.25) is 0 Å². The smallest absolute Gasteiger partial charge is 0.285 e. The molecule has 47 heavy (non-hydrogen) atoms. The van der Waals surface area contributed by atoms with Crippen LogP contribution in [0.1, 0.15) is 41.9 Å². The Labute approximate surface area is 273 Å². The summed E-state index contributed by atoms with van der Waals surface area (Å²) in [6.45, 7) is 2.20. The molecule has 0 N–H and O–H groups in total. The van der Waals surface area contributed by atoms with Gasteiger partial charge in [0.15, 0.2) is 0 Å². The van der Waals surface area contributed by atoms with Gasteiger partial charge in [-0.25, -0.2) is 0 Å². The average Bonchev–Trinajstić information content (AvgIpc) is 3.53. The van der Waals surface area contributed by atoms with Gasteiger partial charge in [-0.2, -0.15) is 0 Å². The molecule has 3 heterocycles. The second kappa shape index (κ2) is 10.9. The number of benzene rings is 4. The molecule has 4 atom stereocenters. The van der Waals surface area contributed by atoms with Crippen molar-refractivity contribution in [3.05, 3.63) is 101 Å². The lowest BCUT2D eigenvalue weighted by atomic mass is 9.61. The van der Waals surface area contributed by atoms with Gasteiger partial charge in [0.05, 0.1) is 47.0 Å². The van der Waals surface area contributed by atoms with E-state index in [-0.39, 0.29) is 17.8 Å². The molecule has 0 fully saturated rings. The Balaban J connectivity index is 1.38. The second-order valence-electron chi connectivity index (χ2n) is 12.3. The fraction of sp³-hybridized carbons (Fsp3) is 0.282. The molecule has 8 rings (SSSR count). The quantitative estimate of drug-likeness (QED) is 0.165. The van der Waals surface area contributed by atoms with Crippen molar-refractivity contribution in [1.82, 2.24) is 0 Å². The van der Waals surface area contributed by atoms with Crippen molar-refractivity contribution in [1.29, 1.82) is 0 Å². The summed E-state index contributed by atoms with van der Waals surface area (Å²) in [4.78, 5) is 0. The molecule has 4 unspecified atom stereocenters. The van der Waals surface area contributed by atoms with Crippen molar-refractivity contribution in [2.45, 2.75) is 31.0 Å². The van der Waals surface area contributed by atoms with Gasteiger partial charge in [0.1, 0.15) is 51.6 Å². The SMILES string of the molecule is COc1ccc2c(c1)OC1(c3ccc(OC)cc3OC)Oc3cc(-c4cc5ccc(OC)cc5o4)cc(OC)c3C3C=C(C)CC2C31. The lowest BCUT2D eigenvalue weighted by molar-refractivity contribution is -0.198. The summed E-state index contributed by atoms with van der Waals surface area (Å²) in [6.07, 6.45) is 3.20. The number of hydrogen-bond acceptors (Lipinski definition) is 8. The van der Waals surface area contributed by atoms with E-state index < -0.39 is 5.79 Å². The Hall–Kier alpha value is -5.24. The van der Waals surface area contributed by atoms with Crippen LogP contribution >= 0.6 is 0 Å². The van der Waals surface area contributed by atoms with Gasteiger partial charge in [-0.1, -0.05) is 17.7 Å². The predicted octanol–water partition coefficient (Wildman–Crippen LogP) is 8.61. The second-order valence-corrected chi connectivity index (χ2v) is 12.3. The first-order chi connectivity index (χ1) is 22.9. The molecule has 1 aliphatic carbocycles. The summed E-state index contributed by atoms with van der Waals surface area (Å²) in [5.74, 6) is 4.06. The third kappa shape index (κ3) is 4.42. The summed E-state index contributed by atoms with van der Waals surface area (Å²) in [5, 5.41) is 0.966. The molecule has 0 bridgehead atoms. The molecule has 0 amide bonds. The minimum atomic E-state index is -1.26. The average molecular weight is 633 g/mol. The first-order valence-corrected chi connectivity index (χ1v) is 15.6. The highest BCUT2D eigenvalue weighted by molar-refractivity contribution is 5.84. The number of ether oxygens (including phenoxy) is 7. The first kappa shape index (κ1) is 29.2. The van der Waals surface area contributed by atoms with Crippen LogP contribution in [0.2, 0.25) is 0 Å². The summed E-state index contributed by atoms with van der Waals surface area (Å²) in [5.41, 5.74) is 5.71. The summed E-state index contributed by atoms with van der Waals surface area (Å²) < 4.78 is 49.6. The molecule has 0 spiro atoms. The van der Waals surface area contributed by atoms with E-state index in [1.165, 1.54) is 5.57 Å². The molecule has 2 aliphatic heterocycles. The molecule has 8 heteroatoms. The van der Waals surface area contributed by atoms with Crippen LogP contribution in [0.15, 0.2) is 88.9 Å². The molecule has 0 radical (unpaired) electrons. The zero-order valence-electron chi connectivity index (χ0n) is 27.2. The standard InChI is InChI=1S/C39H36O8/c1-21-13-28-27-11-9-25(41-3)19-33(27)46-39(30-12-10-26(42-4)20-34(30)43-5)38(28)29(14-21)37-35(44-6)16-23(17-36(37)47-39)31-15-22-7-8-24(40-2)18-32(22)45-31/h7-12,14-20,28-29,38H,13H2,1-6H3. The monoisotopic (exact) mass is 632 g/mol. The van der Waals surface area contributed by atoms with Crippen molar-refractivity contribution in [3.8, 4) is 51.6 Å². The van der Waals surface area contributed by atoms with Crippen LogP contribution in [0.3, 0.4) is 0 Å². The van der Waals surface area contributed by atoms with Gasteiger partial charge >= 0.3 is 0 Å². The predicted molar refractivity (Wildman–Crippen MR) is 178 cm³/mol. The largest absolute Gasteiger partial charge is 0.497 e. The van der Waals surface area contributed by atoms with E-state index >= 15 is 0 Å². The number of rotatable bonds is 7.